The molecular formula is C24H22Cl2N4OS. The van der Waals surface area contributed by atoms with Gasteiger partial charge in [0.1, 0.15) is 5.75 Å². The first kappa shape index (κ1) is 21.3. The van der Waals surface area contributed by atoms with Crippen molar-refractivity contribution in [1.29, 1.82) is 0 Å². The lowest BCUT2D eigenvalue weighted by Gasteiger charge is -2.21. The Hall–Kier alpha value is -2.54. The molecule has 1 aliphatic rings. The van der Waals surface area contributed by atoms with E-state index in [0.29, 0.717) is 10.0 Å². The number of halogens is 2. The van der Waals surface area contributed by atoms with Crippen LogP contribution in [0.3, 0.4) is 0 Å². The van der Waals surface area contributed by atoms with Gasteiger partial charge in [-0.25, -0.2) is 9.97 Å². The number of hydrogen-bond donors (Lipinski definition) is 1. The minimum atomic E-state index is 0.211. The molecule has 0 aliphatic heterocycles. The topological polar surface area (TPSA) is 52.0 Å². The highest BCUT2D eigenvalue weighted by Gasteiger charge is 2.27. The summed E-state index contributed by atoms with van der Waals surface area (Å²) >= 11 is 14.2. The fraction of sp³-hybridized carbons (Fsp3) is 0.250. The number of nitrogens with zero attached hydrogens (tertiary/aromatic N) is 3. The van der Waals surface area contributed by atoms with Crippen molar-refractivity contribution in [3.63, 3.8) is 0 Å². The molecule has 1 aliphatic carbocycles. The fourth-order valence-corrected chi connectivity index (χ4v) is 5.85. The second-order valence-corrected chi connectivity index (χ2v) is 9.87. The molecule has 1 atom stereocenters. The highest BCUT2D eigenvalue weighted by molar-refractivity contribution is 7.15. The second-order valence-electron chi connectivity index (χ2n) is 7.91. The van der Waals surface area contributed by atoms with E-state index >= 15 is 0 Å². The molecule has 2 heterocycles. The minimum Gasteiger partial charge on any atom is -0.494 e. The van der Waals surface area contributed by atoms with E-state index in [1.807, 2.05) is 48.0 Å². The van der Waals surface area contributed by atoms with Gasteiger partial charge in [-0.1, -0.05) is 23.2 Å². The maximum absolute atomic E-state index is 6.26. The van der Waals surface area contributed by atoms with E-state index in [9.17, 15) is 0 Å². The predicted octanol–water partition coefficient (Wildman–Crippen LogP) is 7.16. The van der Waals surface area contributed by atoms with Crippen LogP contribution < -0.4 is 10.1 Å². The highest BCUT2D eigenvalue weighted by atomic mass is 35.5. The van der Waals surface area contributed by atoms with Crippen LogP contribution in [0.15, 0.2) is 48.9 Å². The number of benzene rings is 2. The van der Waals surface area contributed by atoms with Gasteiger partial charge in [-0.3, -0.25) is 0 Å². The molecule has 1 N–H and O–H groups in total. The van der Waals surface area contributed by atoms with E-state index < -0.39 is 0 Å². The summed E-state index contributed by atoms with van der Waals surface area (Å²) in [6, 6.07) is 11.8. The Bertz CT molecular complexity index is 1260. The Labute approximate surface area is 201 Å². The van der Waals surface area contributed by atoms with E-state index in [2.05, 4.69) is 10.3 Å². The molecule has 2 aromatic heterocycles. The van der Waals surface area contributed by atoms with Crippen LogP contribution in [-0.4, -0.2) is 21.6 Å². The fourth-order valence-electron chi connectivity index (χ4n) is 4.22. The van der Waals surface area contributed by atoms with E-state index in [4.69, 9.17) is 32.9 Å². The summed E-state index contributed by atoms with van der Waals surface area (Å²) < 4.78 is 7.59. The van der Waals surface area contributed by atoms with Crippen molar-refractivity contribution < 1.29 is 4.74 Å². The number of aryl methyl sites for hydroxylation is 2. The van der Waals surface area contributed by atoms with Gasteiger partial charge in [0.25, 0.3) is 0 Å². The molecule has 0 bridgehead atoms. The summed E-state index contributed by atoms with van der Waals surface area (Å²) in [7, 11) is 1.68. The van der Waals surface area contributed by atoms with E-state index in [0.717, 1.165) is 58.5 Å². The van der Waals surface area contributed by atoms with Crippen molar-refractivity contribution in [2.75, 3.05) is 12.4 Å². The third kappa shape index (κ3) is 4.22. The van der Waals surface area contributed by atoms with Crippen molar-refractivity contribution in [3.8, 4) is 11.4 Å². The molecular weight excluding hydrogens is 463 g/mol. The number of hydrogen-bond acceptors (Lipinski definition) is 5. The maximum atomic E-state index is 6.26. The van der Waals surface area contributed by atoms with Gasteiger partial charge in [0, 0.05) is 38.8 Å². The van der Waals surface area contributed by atoms with Crippen LogP contribution >= 0.6 is 34.5 Å². The Morgan fingerprint density at radius 2 is 1.97 bits per heavy atom. The van der Waals surface area contributed by atoms with Crippen molar-refractivity contribution in [2.45, 2.75) is 32.1 Å². The Morgan fingerprint density at radius 1 is 1.16 bits per heavy atom. The first-order chi connectivity index (χ1) is 15.5. The zero-order valence-electron chi connectivity index (χ0n) is 17.7. The number of aromatic nitrogens is 3. The summed E-state index contributed by atoms with van der Waals surface area (Å²) in [5.74, 6) is 0.975. The molecule has 164 valence electrons. The molecule has 5 rings (SSSR count). The van der Waals surface area contributed by atoms with Gasteiger partial charge in [0.15, 0.2) is 5.13 Å². The monoisotopic (exact) mass is 484 g/mol. The number of thiazole rings is 1. The Balaban J connectivity index is 1.43. The van der Waals surface area contributed by atoms with E-state index in [-0.39, 0.29) is 5.92 Å². The summed E-state index contributed by atoms with van der Waals surface area (Å²) in [5, 5.41) is 5.66. The number of rotatable bonds is 5. The first-order valence-electron chi connectivity index (χ1n) is 10.4. The average molecular weight is 485 g/mol. The molecule has 2 aromatic carbocycles. The number of nitrogens with one attached hydrogen (secondary N) is 1. The summed E-state index contributed by atoms with van der Waals surface area (Å²) in [4.78, 5) is 10.6. The van der Waals surface area contributed by atoms with E-state index in [1.54, 1.807) is 30.8 Å². The van der Waals surface area contributed by atoms with Crippen molar-refractivity contribution in [3.05, 3.63) is 80.8 Å². The molecule has 8 heteroatoms. The molecule has 32 heavy (non-hydrogen) atoms. The molecule has 0 radical (unpaired) electrons. The Kier molecular flexibility index (Phi) is 5.84. The van der Waals surface area contributed by atoms with Gasteiger partial charge in [-0.15, -0.1) is 11.3 Å². The van der Waals surface area contributed by atoms with Crippen LogP contribution in [0, 0.1) is 6.92 Å². The smallest absolute Gasteiger partial charge is 0.187 e. The maximum Gasteiger partial charge on any atom is 0.187 e. The van der Waals surface area contributed by atoms with Gasteiger partial charge in [0.2, 0.25) is 0 Å². The van der Waals surface area contributed by atoms with Crippen LogP contribution in [-0.2, 0) is 6.42 Å². The largest absolute Gasteiger partial charge is 0.494 e. The zero-order valence-corrected chi connectivity index (χ0v) is 20.1. The summed E-state index contributed by atoms with van der Waals surface area (Å²) in [6.45, 7) is 1.97. The van der Waals surface area contributed by atoms with Crippen LogP contribution in [0.5, 0.6) is 5.75 Å². The molecule has 4 aromatic rings. The third-order valence-electron chi connectivity index (χ3n) is 5.66. The lowest BCUT2D eigenvalue weighted by Crippen LogP contribution is -2.10. The van der Waals surface area contributed by atoms with Crippen LogP contribution in [0.25, 0.3) is 5.69 Å². The number of methoxy groups -OCH3 is 1. The normalized spacial score (nSPS) is 15.4. The van der Waals surface area contributed by atoms with Crippen LogP contribution in [0.2, 0.25) is 10.0 Å². The van der Waals surface area contributed by atoms with Gasteiger partial charge in [0.05, 0.1) is 30.5 Å². The standard InChI is InChI=1S/C24H22Cl2N4OS/c1-14-12-30(13-27-14)20-7-6-18(11-21(20)31-2)28-24-29-23-19(4-3-5-22(23)32-24)15-8-16(25)10-17(26)9-15/h6-13,19H,3-5H2,1-2H3,(H,28,29). The second kappa shape index (κ2) is 8.77. The van der Waals surface area contributed by atoms with Crippen LogP contribution in [0.1, 0.15) is 40.6 Å². The zero-order chi connectivity index (χ0) is 22.2. The van der Waals surface area contributed by atoms with Crippen LogP contribution in [0.4, 0.5) is 10.8 Å². The summed E-state index contributed by atoms with van der Waals surface area (Å²) in [6.07, 6.45) is 6.97. The molecule has 0 saturated carbocycles. The predicted molar refractivity (Wildman–Crippen MR) is 131 cm³/mol. The van der Waals surface area contributed by atoms with Crippen molar-refractivity contribution >= 4 is 45.4 Å². The van der Waals surface area contributed by atoms with Gasteiger partial charge >= 0.3 is 0 Å². The minimum absolute atomic E-state index is 0.211. The highest BCUT2D eigenvalue weighted by Crippen LogP contribution is 2.42. The van der Waals surface area contributed by atoms with Gasteiger partial charge in [-0.2, -0.15) is 0 Å². The molecule has 1 unspecified atom stereocenters. The number of ether oxygens (including phenoxy) is 1. The lowest BCUT2D eigenvalue weighted by molar-refractivity contribution is 0.413. The van der Waals surface area contributed by atoms with Gasteiger partial charge < -0.3 is 14.6 Å². The SMILES string of the molecule is COc1cc(Nc2nc3c(s2)CCCC3c2cc(Cl)cc(Cl)c2)ccc1-n1cnc(C)c1. The molecule has 5 nitrogen and oxygen atoms in total. The lowest BCUT2D eigenvalue weighted by atomic mass is 9.85. The molecule has 0 amide bonds. The quantitative estimate of drug-likeness (QED) is 0.326. The first-order valence-corrected chi connectivity index (χ1v) is 12.0. The number of fused-ring (bicyclic) bond motifs is 1. The van der Waals surface area contributed by atoms with Crippen molar-refractivity contribution in [1.82, 2.24) is 14.5 Å². The van der Waals surface area contributed by atoms with Gasteiger partial charge in [-0.05, 0) is 62.1 Å². The Morgan fingerprint density at radius 3 is 2.69 bits per heavy atom. The molecule has 0 spiro atoms. The number of anilines is 2. The third-order valence-corrected chi connectivity index (χ3v) is 7.15. The average Bonchev–Trinajstić information content (AvgIpc) is 3.38. The van der Waals surface area contributed by atoms with Crippen molar-refractivity contribution in [2.24, 2.45) is 0 Å². The molecule has 0 saturated heterocycles. The molecule has 0 fully saturated rings. The van der Waals surface area contributed by atoms with E-state index in [1.165, 1.54) is 4.88 Å². The number of imidazole rings is 1. The summed E-state index contributed by atoms with van der Waals surface area (Å²) in [5.41, 5.74) is 5.07.